The molecule has 230 valence electrons. The van der Waals surface area contributed by atoms with Crippen molar-refractivity contribution in [2.45, 2.75) is 78.1 Å². The van der Waals surface area contributed by atoms with E-state index in [1.54, 1.807) is 52.8 Å². The minimum absolute atomic E-state index is 0.163. The Bertz CT molecular complexity index is 1450. The molecule has 0 aliphatic heterocycles. The normalized spacial score (nSPS) is 14.8. The molecule has 3 rings (SSSR count). The number of benzene rings is 2. The van der Waals surface area contributed by atoms with Crippen LogP contribution in [0.3, 0.4) is 0 Å². The Balaban J connectivity index is 1.79. The summed E-state index contributed by atoms with van der Waals surface area (Å²) in [7, 11) is 0. The van der Waals surface area contributed by atoms with Crippen LogP contribution in [0, 0.1) is 11.3 Å². The van der Waals surface area contributed by atoms with Gasteiger partial charge in [-0.05, 0) is 76.8 Å². The van der Waals surface area contributed by atoms with Crippen molar-refractivity contribution in [3.63, 3.8) is 0 Å². The Morgan fingerprint density at radius 3 is 2.21 bits per heavy atom. The predicted molar refractivity (Wildman–Crippen MR) is 157 cm³/mol. The number of ether oxygens (including phenoxy) is 2. The topological polar surface area (TPSA) is 118 Å². The first-order valence-corrected chi connectivity index (χ1v) is 13.9. The first-order valence-electron chi connectivity index (χ1n) is 13.9. The van der Waals surface area contributed by atoms with E-state index in [1.165, 1.54) is 6.07 Å². The van der Waals surface area contributed by atoms with E-state index in [0.717, 1.165) is 17.5 Å². The van der Waals surface area contributed by atoms with Gasteiger partial charge in [0.1, 0.15) is 11.3 Å². The summed E-state index contributed by atoms with van der Waals surface area (Å²) in [4.78, 5) is 26.0. The summed E-state index contributed by atoms with van der Waals surface area (Å²) in [6.45, 7) is 9.46. The molecule has 0 saturated carbocycles. The summed E-state index contributed by atoms with van der Waals surface area (Å²) in [6, 6.07) is 14.0. The van der Waals surface area contributed by atoms with Gasteiger partial charge in [-0.1, -0.05) is 31.2 Å². The molecule has 3 aromatic rings. The van der Waals surface area contributed by atoms with Gasteiger partial charge in [0.05, 0.1) is 30.6 Å². The number of fused-ring (bicyclic) bond motifs is 1. The van der Waals surface area contributed by atoms with Crippen LogP contribution in [0.25, 0.3) is 22.1 Å². The fourth-order valence-corrected chi connectivity index (χ4v) is 4.99. The third-order valence-electron chi connectivity index (χ3n) is 7.53. The van der Waals surface area contributed by atoms with E-state index in [1.807, 2.05) is 31.2 Å². The molecule has 4 N–H and O–H groups in total. The predicted octanol–water partition coefficient (Wildman–Crippen LogP) is 6.38. The second-order valence-electron chi connectivity index (χ2n) is 12.5. The maximum Gasteiger partial charge on any atom is 0.389 e. The van der Waals surface area contributed by atoms with Crippen LogP contribution < -0.4 is 21.8 Å². The number of alkyl halides is 3. The molecule has 10 heteroatoms. The molecule has 1 aromatic heterocycles. The maximum absolute atomic E-state index is 13.4. The van der Waals surface area contributed by atoms with Gasteiger partial charge in [-0.25, -0.2) is 4.79 Å². The van der Waals surface area contributed by atoms with Crippen LogP contribution in [-0.4, -0.2) is 36.4 Å². The molecule has 42 heavy (non-hydrogen) atoms. The van der Waals surface area contributed by atoms with E-state index in [2.05, 4.69) is 0 Å². The standard InChI is InChI=1S/C32H41F3N2O5/c1-7-21-10-8-9-11-24(21)25-14-22-12-13-23(15-26(22)42-27(25)38)40-17-20(16-32(33,34)35)18-41-28(39)31(6,30(4,5)37)19-29(2,3)36/h8-15,20H,7,16-19,36-37H2,1-6H3. The lowest BCUT2D eigenvalue weighted by Gasteiger charge is -2.43. The van der Waals surface area contributed by atoms with Crippen LogP contribution in [0.5, 0.6) is 5.75 Å². The average molecular weight is 591 g/mol. The minimum atomic E-state index is -4.52. The van der Waals surface area contributed by atoms with Crippen LogP contribution in [0.15, 0.2) is 57.7 Å². The summed E-state index contributed by atoms with van der Waals surface area (Å²) < 4.78 is 56.9. The highest BCUT2D eigenvalue weighted by molar-refractivity contribution is 5.83. The number of hydrogen-bond acceptors (Lipinski definition) is 7. The van der Waals surface area contributed by atoms with Crippen molar-refractivity contribution in [1.82, 2.24) is 0 Å². The number of hydrogen-bond donors (Lipinski definition) is 2. The van der Waals surface area contributed by atoms with E-state index in [9.17, 15) is 22.8 Å². The number of nitrogens with two attached hydrogens (primary N) is 2. The van der Waals surface area contributed by atoms with Gasteiger partial charge < -0.3 is 25.4 Å². The van der Waals surface area contributed by atoms with Gasteiger partial charge in [0, 0.05) is 28.4 Å². The van der Waals surface area contributed by atoms with Crippen LogP contribution in [0.2, 0.25) is 0 Å². The summed E-state index contributed by atoms with van der Waals surface area (Å²) in [5.41, 5.74) is 11.3. The first-order chi connectivity index (χ1) is 19.3. The average Bonchev–Trinajstić information content (AvgIpc) is 2.87. The highest BCUT2D eigenvalue weighted by Gasteiger charge is 2.49. The van der Waals surface area contributed by atoms with E-state index < -0.39 is 59.8 Å². The van der Waals surface area contributed by atoms with Crippen molar-refractivity contribution in [2.75, 3.05) is 13.2 Å². The smallest absolute Gasteiger partial charge is 0.389 e. The van der Waals surface area contributed by atoms with Crippen molar-refractivity contribution < 1.29 is 31.9 Å². The molecule has 1 heterocycles. The van der Waals surface area contributed by atoms with Crippen LogP contribution in [0.1, 0.15) is 59.9 Å². The summed E-state index contributed by atoms with van der Waals surface area (Å²) in [5, 5.41) is 0.634. The Hall–Kier alpha value is -3.37. The number of halogens is 3. The quantitative estimate of drug-likeness (QED) is 0.186. The summed E-state index contributed by atoms with van der Waals surface area (Å²) >= 11 is 0. The van der Waals surface area contributed by atoms with Gasteiger partial charge in [-0.15, -0.1) is 0 Å². The Morgan fingerprint density at radius 1 is 0.952 bits per heavy atom. The van der Waals surface area contributed by atoms with E-state index in [4.69, 9.17) is 25.4 Å². The highest BCUT2D eigenvalue weighted by Crippen LogP contribution is 2.38. The fourth-order valence-electron chi connectivity index (χ4n) is 4.99. The SMILES string of the molecule is CCc1ccccc1-c1cc2ccc(OCC(COC(=O)C(C)(CC(C)(C)N)C(C)(C)N)CC(F)(F)F)cc2oc1=O. The fraction of sp³-hybridized carbons (Fsp3) is 0.500. The van der Waals surface area contributed by atoms with Gasteiger partial charge in [-0.3, -0.25) is 4.79 Å². The van der Waals surface area contributed by atoms with Crippen molar-refractivity contribution >= 4 is 16.9 Å². The highest BCUT2D eigenvalue weighted by atomic mass is 19.4. The molecule has 0 aliphatic carbocycles. The zero-order valence-electron chi connectivity index (χ0n) is 25.1. The van der Waals surface area contributed by atoms with Crippen LogP contribution in [-0.2, 0) is 16.0 Å². The number of esters is 1. The molecular weight excluding hydrogens is 549 g/mol. The Morgan fingerprint density at radius 2 is 1.62 bits per heavy atom. The molecule has 0 aliphatic rings. The molecule has 0 saturated heterocycles. The minimum Gasteiger partial charge on any atom is -0.493 e. The number of rotatable bonds is 12. The van der Waals surface area contributed by atoms with E-state index in [-0.39, 0.29) is 17.8 Å². The van der Waals surface area contributed by atoms with Gasteiger partial charge in [0.25, 0.3) is 0 Å². The molecule has 7 nitrogen and oxygen atoms in total. The molecule has 0 radical (unpaired) electrons. The maximum atomic E-state index is 13.4. The van der Waals surface area contributed by atoms with Crippen molar-refractivity contribution in [3.05, 3.63) is 64.5 Å². The second kappa shape index (κ2) is 12.5. The van der Waals surface area contributed by atoms with Gasteiger partial charge in [0.2, 0.25) is 0 Å². The van der Waals surface area contributed by atoms with Gasteiger partial charge in [0.15, 0.2) is 0 Å². The zero-order valence-corrected chi connectivity index (χ0v) is 25.1. The molecule has 2 atom stereocenters. The summed E-state index contributed by atoms with van der Waals surface area (Å²) in [5.74, 6) is -1.71. The monoisotopic (exact) mass is 590 g/mol. The molecular formula is C32H41F3N2O5. The van der Waals surface area contributed by atoms with Crippen molar-refractivity contribution in [2.24, 2.45) is 22.8 Å². The van der Waals surface area contributed by atoms with E-state index >= 15 is 0 Å². The molecule has 0 fully saturated rings. The third kappa shape index (κ3) is 8.35. The van der Waals surface area contributed by atoms with Crippen molar-refractivity contribution in [3.8, 4) is 16.9 Å². The van der Waals surface area contributed by atoms with Gasteiger partial charge >= 0.3 is 17.8 Å². The van der Waals surface area contributed by atoms with Crippen LogP contribution in [0.4, 0.5) is 13.2 Å². The number of carbonyl (C=O) groups is 1. The lowest BCUT2D eigenvalue weighted by molar-refractivity contribution is -0.170. The number of carbonyl (C=O) groups excluding carboxylic acids is 1. The molecule has 2 aromatic carbocycles. The second-order valence-corrected chi connectivity index (χ2v) is 12.5. The summed E-state index contributed by atoms with van der Waals surface area (Å²) in [6.07, 6.45) is -4.84. The first kappa shape index (κ1) is 33.1. The van der Waals surface area contributed by atoms with Crippen molar-refractivity contribution in [1.29, 1.82) is 0 Å². The Kier molecular flexibility index (Phi) is 9.84. The Labute approximate surface area is 244 Å². The van der Waals surface area contributed by atoms with Crippen LogP contribution >= 0.6 is 0 Å². The molecule has 0 spiro atoms. The van der Waals surface area contributed by atoms with Gasteiger partial charge in [-0.2, -0.15) is 13.2 Å². The zero-order chi connectivity index (χ0) is 31.5. The third-order valence-corrected chi connectivity index (χ3v) is 7.53. The largest absolute Gasteiger partial charge is 0.493 e. The number of aryl methyl sites for hydroxylation is 1. The van der Waals surface area contributed by atoms with E-state index in [0.29, 0.717) is 10.9 Å². The lowest BCUT2D eigenvalue weighted by Crippen LogP contribution is -2.58. The molecule has 0 bridgehead atoms. The molecule has 0 amide bonds. The molecule has 2 unspecified atom stereocenters. The lowest BCUT2D eigenvalue weighted by atomic mass is 9.67.